The van der Waals surface area contributed by atoms with E-state index in [1.165, 1.54) is 0 Å². The summed E-state index contributed by atoms with van der Waals surface area (Å²) in [5.74, 6) is 0.0180. The number of likely N-dealkylation sites (tertiary alicyclic amines) is 1. The Labute approximate surface area is 183 Å². The maximum atomic E-state index is 12.5. The number of hydrogen-bond donors (Lipinski definition) is 1. The molecule has 2 heterocycles. The first-order valence-electron chi connectivity index (χ1n) is 10.6. The summed E-state index contributed by atoms with van der Waals surface area (Å²) in [5.41, 5.74) is 6.07. The van der Waals surface area contributed by atoms with Crippen LogP contribution in [0.25, 0.3) is 11.8 Å². The molecule has 1 N–H and O–H groups in total. The van der Waals surface area contributed by atoms with Crippen LogP contribution in [0.1, 0.15) is 35.4 Å². The topological polar surface area (TPSA) is 54.3 Å². The molecule has 5 nitrogen and oxygen atoms in total. The number of amides is 2. The molecule has 2 amide bonds. The summed E-state index contributed by atoms with van der Waals surface area (Å²) >= 11 is 0. The zero-order valence-corrected chi connectivity index (χ0v) is 18.0. The minimum atomic E-state index is -0.182. The van der Waals surface area contributed by atoms with E-state index in [2.05, 4.69) is 41.9 Å². The lowest BCUT2D eigenvalue weighted by Gasteiger charge is -2.16. The van der Waals surface area contributed by atoms with Gasteiger partial charge in [-0.3, -0.25) is 9.59 Å². The minimum Gasteiger partial charge on any atom is -0.338 e. The van der Waals surface area contributed by atoms with Crippen molar-refractivity contribution >= 4 is 23.6 Å². The van der Waals surface area contributed by atoms with Crippen molar-refractivity contribution in [3.05, 3.63) is 89.3 Å². The molecule has 0 aliphatic carbocycles. The summed E-state index contributed by atoms with van der Waals surface area (Å²) in [4.78, 5) is 26.2. The number of anilines is 1. The predicted octanol–water partition coefficient (Wildman–Crippen LogP) is 4.87. The molecule has 1 fully saturated rings. The fourth-order valence-corrected chi connectivity index (χ4v) is 4.12. The van der Waals surface area contributed by atoms with Gasteiger partial charge in [-0.15, -0.1) is 0 Å². The van der Waals surface area contributed by atoms with Crippen molar-refractivity contribution in [1.82, 2.24) is 9.47 Å². The van der Waals surface area contributed by atoms with Crippen molar-refractivity contribution in [3.63, 3.8) is 0 Å². The van der Waals surface area contributed by atoms with Crippen molar-refractivity contribution in [1.29, 1.82) is 0 Å². The zero-order valence-electron chi connectivity index (χ0n) is 18.0. The third kappa shape index (κ3) is 4.77. The largest absolute Gasteiger partial charge is 0.338 e. The van der Waals surface area contributed by atoms with Crippen LogP contribution in [0.3, 0.4) is 0 Å². The van der Waals surface area contributed by atoms with E-state index in [1.54, 1.807) is 6.08 Å². The molecule has 1 aromatic heterocycles. The van der Waals surface area contributed by atoms with E-state index in [0.29, 0.717) is 13.0 Å². The number of nitrogens with one attached hydrogen (secondary N) is 1. The first-order chi connectivity index (χ1) is 15.0. The minimum absolute atomic E-state index is 0.182. The molecule has 0 bridgehead atoms. The van der Waals surface area contributed by atoms with Crippen LogP contribution < -0.4 is 5.32 Å². The Hall–Kier alpha value is -3.60. The fourth-order valence-electron chi connectivity index (χ4n) is 4.12. The second kappa shape index (κ2) is 9.04. The van der Waals surface area contributed by atoms with Gasteiger partial charge in [-0.2, -0.15) is 0 Å². The number of para-hydroxylation sites is 1. The Morgan fingerprint density at radius 1 is 1.06 bits per heavy atom. The van der Waals surface area contributed by atoms with Crippen LogP contribution in [0.5, 0.6) is 0 Å². The van der Waals surface area contributed by atoms with Crippen LogP contribution in [0.2, 0.25) is 0 Å². The van der Waals surface area contributed by atoms with E-state index in [9.17, 15) is 9.59 Å². The first kappa shape index (κ1) is 20.7. The molecular weight excluding hydrogens is 386 g/mol. The summed E-state index contributed by atoms with van der Waals surface area (Å²) in [5, 5.41) is 2.93. The molecule has 5 heteroatoms. The Kier molecular flexibility index (Phi) is 6.03. The van der Waals surface area contributed by atoms with E-state index in [4.69, 9.17) is 0 Å². The van der Waals surface area contributed by atoms with Crippen LogP contribution >= 0.6 is 0 Å². The second-order valence-corrected chi connectivity index (χ2v) is 7.94. The van der Waals surface area contributed by atoms with E-state index in [-0.39, 0.29) is 11.8 Å². The van der Waals surface area contributed by atoms with Crippen molar-refractivity contribution < 1.29 is 9.59 Å². The van der Waals surface area contributed by atoms with Gasteiger partial charge in [0.1, 0.15) is 0 Å². The molecule has 4 rings (SSSR count). The lowest BCUT2D eigenvalue weighted by atomic mass is 10.2. The van der Waals surface area contributed by atoms with E-state index in [1.807, 2.05) is 53.4 Å². The molecule has 0 unspecified atom stereocenters. The highest BCUT2D eigenvalue weighted by Gasteiger charge is 2.20. The zero-order chi connectivity index (χ0) is 21.8. The Balaban J connectivity index is 1.44. The summed E-state index contributed by atoms with van der Waals surface area (Å²) in [6, 6.07) is 19.9. The summed E-state index contributed by atoms with van der Waals surface area (Å²) in [6.45, 7) is 5.51. The molecular formula is C26H27N3O2. The van der Waals surface area contributed by atoms with Gasteiger partial charge in [0.15, 0.2) is 0 Å². The van der Waals surface area contributed by atoms with Gasteiger partial charge < -0.3 is 14.8 Å². The van der Waals surface area contributed by atoms with Gasteiger partial charge in [0, 0.05) is 48.3 Å². The summed E-state index contributed by atoms with van der Waals surface area (Å²) in [6.07, 6.45) is 4.97. The van der Waals surface area contributed by atoms with Gasteiger partial charge in [-0.25, -0.2) is 0 Å². The monoisotopic (exact) mass is 413 g/mol. The molecule has 0 spiro atoms. The van der Waals surface area contributed by atoms with Crippen molar-refractivity contribution in [2.45, 2.75) is 33.2 Å². The molecule has 0 saturated carbocycles. The molecule has 0 radical (unpaired) electrons. The quantitative estimate of drug-likeness (QED) is 0.586. The van der Waals surface area contributed by atoms with Gasteiger partial charge >= 0.3 is 0 Å². The number of carbonyl (C=O) groups excluding carboxylic acids is 2. The lowest BCUT2D eigenvalue weighted by molar-refractivity contribution is -0.128. The van der Waals surface area contributed by atoms with E-state index >= 15 is 0 Å². The lowest BCUT2D eigenvalue weighted by Crippen LogP contribution is -2.23. The summed E-state index contributed by atoms with van der Waals surface area (Å²) in [7, 11) is 0. The molecule has 3 aromatic rings. The number of benzene rings is 2. The Morgan fingerprint density at radius 2 is 1.87 bits per heavy atom. The van der Waals surface area contributed by atoms with Gasteiger partial charge in [-0.1, -0.05) is 30.3 Å². The molecule has 0 atom stereocenters. The van der Waals surface area contributed by atoms with Crippen LogP contribution in [-0.2, 0) is 16.1 Å². The average molecular weight is 414 g/mol. The highest BCUT2D eigenvalue weighted by molar-refractivity contribution is 6.02. The molecule has 2 aromatic carbocycles. The van der Waals surface area contributed by atoms with Crippen LogP contribution in [0, 0.1) is 13.8 Å². The summed E-state index contributed by atoms with van der Waals surface area (Å²) < 4.78 is 2.18. The van der Waals surface area contributed by atoms with Gasteiger partial charge in [0.25, 0.3) is 0 Å². The van der Waals surface area contributed by atoms with E-state index in [0.717, 1.165) is 46.9 Å². The fraction of sp³-hybridized carbons (Fsp3) is 0.231. The SMILES string of the molecule is Cc1cc(/C=C/C(=O)Nc2cccc(CN3CCCC3=O)c2)c(C)n1-c1ccccc1. The van der Waals surface area contributed by atoms with Crippen molar-refractivity contribution in [3.8, 4) is 5.69 Å². The highest BCUT2D eigenvalue weighted by Crippen LogP contribution is 2.22. The normalized spacial score (nSPS) is 13.9. The molecule has 1 aliphatic heterocycles. The van der Waals surface area contributed by atoms with Gasteiger partial charge in [0.2, 0.25) is 11.8 Å². The third-order valence-electron chi connectivity index (χ3n) is 5.64. The average Bonchev–Trinajstić information content (AvgIpc) is 3.29. The van der Waals surface area contributed by atoms with Crippen LogP contribution in [0.15, 0.2) is 66.7 Å². The number of aromatic nitrogens is 1. The standard InChI is InChI=1S/C26H27N3O2/c1-19-16-22(20(2)29(19)24-10-4-3-5-11-24)13-14-25(30)27-23-9-6-8-21(17-23)18-28-15-7-12-26(28)31/h3-6,8-11,13-14,16-17H,7,12,15,18H2,1-2H3,(H,27,30)/b14-13+. The Morgan fingerprint density at radius 3 is 2.61 bits per heavy atom. The molecule has 158 valence electrons. The number of hydrogen-bond acceptors (Lipinski definition) is 2. The van der Waals surface area contributed by atoms with E-state index < -0.39 is 0 Å². The van der Waals surface area contributed by atoms with Gasteiger partial charge in [0.05, 0.1) is 0 Å². The number of nitrogens with zero attached hydrogens (tertiary/aromatic N) is 2. The third-order valence-corrected chi connectivity index (χ3v) is 5.64. The molecule has 31 heavy (non-hydrogen) atoms. The second-order valence-electron chi connectivity index (χ2n) is 7.94. The smallest absolute Gasteiger partial charge is 0.248 e. The maximum absolute atomic E-state index is 12.5. The molecule has 1 saturated heterocycles. The number of carbonyl (C=O) groups is 2. The van der Waals surface area contributed by atoms with Crippen LogP contribution in [-0.4, -0.2) is 27.8 Å². The van der Waals surface area contributed by atoms with Crippen molar-refractivity contribution in [2.75, 3.05) is 11.9 Å². The number of aryl methyl sites for hydroxylation is 1. The predicted molar refractivity (Wildman–Crippen MR) is 124 cm³/mol. The Bertz CT molecular complexity index is 1130. The number of rotatable bonds is 6. The van der Waals surface area contributed by atoms with Crippen LogP contribution in [0.4, 0.5) is 5.69 Å². The highest BCUT2D eigenvalue weighted by atomic mass is 16.2. The first-order valence-corrected chi connectivity index (χ1v) is 10.6. The van der Waals surface area contributed by atoms with Gasteiger partial charge in [-0.05, 0) is 67.8 Å². The van der Waals surface area contributed by atoms with Crippen molar-refractivity contribution in [2.24, 2.45) is 0 Å². The maximum Gasteiger partial charge on any atom is 0.248 e. The molecule has 1 aliphatic rings.